The molecule has 15 heavy (non-hydrogen) atoms. The van der Waals surface area contributed by atoms with Crippen LogP contribution in [0.4, 0.5) is 0 Å². The van der Waals surface area contributed by atoms with Crippen LogP contribution in [0.3, 0.4) is 0 Å². The fraction of sp³-hybridized carbons (Fsp3) is 0.667. The van der Waals surface area contributed by atoms with Crippen LogP contribution in [0.15, 0.2) is 0 Å². The number of aryl methyl sites for hydroxylation is 1. The lowest BCUT2D eigenvalue weighted by molar-refractivity contribution is -0.142. The second kappa shape index (κ2) is 3.98. The predicted molar refractivity (Wildman–Crippen MR) is 50.3 cm³/mol. The molecule has 0 radical (unpaired) electrons. The van der Waals surface area contributed by atoms with Crippen LogP contribution in [0.25, 0.3) is 0 Å². The lowest BCUT2D eigenvalue weighted by Crippen LogP contribution is -2.27. The van der Waals surface area contributed by atoms with Gasteiger partial charge in [-0.1, -0.05) is 0 Å². The Labute approximate surface area is 86.6 Å². The number of fused-ring (bicyclic) bond motifs is 1. The van der Waals surface area contributed by atoms with Gasteiger partial charge in [0.05, 0.1) is 19.1 Å². The molecule has 0 saturated heterocycles. The highest BCUT2D eigenvalue weighted by Gasteiger charge is 2.26. The summed E-state index contributed by atoms with van der Waals surface area (Å²) in [7, 11) is 0. The van der Waals surface area contributed by atoms with Crippen LogP contribution in [0, 0.1) is 5.92 Å². The first-order valence-corrected chi connectivity index (χ1v) is 4.97. The molecule has 6 heteroatoms. The third kappa shape index (κ3) is 1.99. The molecule has 0 aliphatic carbocycles. The van der Waals surface area contributed by atoms with Crippen molar-refractivity contribution in [1.29, 1.82) is 0 Å². The molecule has 0 spiro atoms. The number of carbonyl (C=O) groups is 1. The number of aliphatic hydroxyl groups is 1. The Morgan fingerprint density at radius 1 is 1.60 bits per heavy atom. The minimum atomic E-state index is -0.778. The number of aliphatic hydroxyl groups excluding tert-OH is 1. The van der Waals surface area contributed by atoms with E-state index < -0.39 is 5.97 Å². The highest BCUT2D eigenvalue weighted by molar-refractivity contribution is 5.70. The molecular formula is C9H13N3O3. The molecule has 0 fully saturated rings. The number of hydrogen-bond acceptors (Lipinski definition) is 4. The Balaban J connectivity index is 2.15. The lowest BCUT2D eigenvalue weighted by Gasteiger charge is -2.18. The number of nitrogens with zero attached hydrogens (tertiary/aromatic N) is 3. The van der Waals surface area contributed by atoms with E-state index in [1.165, 1.54) is 0 Å². The van der Waals surface area contributed by atoms with E-state index in [0.717, 1.165) is 5.82 Å². The minimum Gasteiger partial charge on any atom is -0.481 e. The Hall–Kier alpha value is -1.43. The van der Waals surface area contributed by atoms with Gasteiger partial charge in [0.2, 0.25) is 0 Å². The fourth-order valence-corrected chi connectivity index (χ4v) is 1.77. The first kappa shape index (κ1) is 10.1. The molecule has 1 aromatic heterocycles. The molecule has 0 bridgehead atoms. The molecule has 2 rings (SSSR count). The molecule has 82 valence electrons. The Morgan fingerprint density at radius 3 is 3.07 bits per heavy atom. The van der Waals surface area contributed by atoms with Gasteiger partial charge >= 0.3 is 5.97 Å². The average molecular weight is 211 g/mol. The molecule has 1 aromatic rings. The van der Waals surface area contributed by atoms with Gasteiger partial charge in [-0.2, -0.15) is 5.10 Å². The van der Waals surface area contributed by atoms with Crippen molar-refractivity contribution in [2.75, 3.05) is 6.61 Å². The summed E-state index contributed by atoms with van der Waals surface area (Å²) in [6.07, 6.45) is 1.69. The first-order valence-electron chi connectivity index (χ1n) is 4.97. The standard InChI is InChI=1S/C9H13N3O3/c13-4-3-7-10-8-2-1-6(9(14)15)5-12(8)11-7/h6,13H,1-5H2,(H,14,15). The molecule has 0 saturated carbocycles. The van der Waals surface area contributed by atoms with Gasteiger partial charge in [0.25, 0.3) is 0 Å². The zero-order valence-electron chi connectivity index (χ0n) is 8.26. The summed E-state index contributed by atoms with van der Waals surface area (Å²) in [5.41, 5.74) is 0. The minimum absolute atomic E-state index is 0.0197. The van der Waals surface area contributed by atoms with Crippen LogP contribution in [-0.2, 0) is 24.2 Å². The molecule has 1 atom stereocenters. The maximum Gasteiger partial charge on any atom is 0.308 e. The van der Waals surface area contributed by atoms with Gasteiger partial charge in [-0.25, -0.2) is 9.67 Å². The van der Waals surface area contributed by atoms with E-state index in [1.54, 1.807) is 4.68 Å². The summed E-state index contributed by atoms with van der Waals surface area (Å²) in [4.78, 5) is 15.0. The molecule has 2 N–H and O–H groups in total. The van der Waals surface area contributed by atoms with Crippen molar-refractivity contribution >= 4 is 5.97 Å². The molecular weight excluding hydrogens is 198 g/mol. The van der Waals surface area contributed by atoms with Gasteiger partial charge in [0, 0.05) is 12.8 Å². The Morgan fingerprint density at radius 2 is 2.40 bits per heavy atom. The molecule has 1 aliphatic heterocycles. The van der Waals surface area contributed by atoms with Gasteiger partial charge in [-0.05, 0) is 6.42 Å². The quantitative estimate of drug-likeness (QED) is 0.701. The fourth-order valence-electron chi connectivity index (χ4n) is 1.77. The van der Waals surface area contributed by atoms with E-state index in [-0.39, 0.29) is 12.5 Å². The van der Waals surface area contributed by atoms with Gasteiger partial charge in [-0.15, -0.1) is 0 Å². The summed E-state index contributed by atoms with van der Waals surface area (Å²) >= 11 is 0. The third-order valence-electron chi connectivity index (χ3n) is 2.59. The largest absolute Gasteiger partial charge is 0.481 e. The number of aromatic nitrogens is 3. The Kier molecular flexibility index (Phi) is 2.68. The summed E-state index contributed by atoms with van der Waals surface area (Å²) in [6.45, 7) is 0.412. The summed E-state index contributed by atoms with van der Waals surface area (Å²) in [6, 6.07) is 0. The van der Waals surface area contributed by atoms with E-state index in [4.69, 9.17) is 10.2 Å². The van der Waals surface area contributed by atoms with Crippen molar-refractivity contribution in [2.24, 2.45) is 5.92 Å². The van der Waals surface area contributed by atoms with Gasteiger partial charge in [0.1, 0.15) is 5.82 Å². The monoisotopic (exact) mass is 211 g/mol. The summed E-state index contributed by atoms with van der Waals surface area (Å²) < 4.78 is 1.65. The summed E-state index contributed by atoms with van der Waals surface area (Å²) in [5.74, 6) is 0.288. The topological polar surface area (TPSA) is 88.2 Å². The maximum absolute atomic E-state index is 10.8. The second-order valence-corrected chi connectivity index (χ2v) is 3.67. The van der Waals surface area contributed by atoms with Crippen LogP contribution >= 0.6 is 0 Å². The normalized spacial score (nSPS) is 19.9. The molecule has 2 heterocycles. The van der Waals surface area contributed by atoms with Crippen LogP contribution < -0.4 is 0 Å². The zero-order valence-corrected chi connectivity index (χ0v) is 8.26. The van der Waals surface area contributed by atoms with Crippen molar-refractivity contribution in [2.45, 2.75) is 25.8 Å². The molecule has 1 unspecified atom stereocenters. The van der Waals surface area contributed by atoms with Crippen LogP contribution in [0.5, 0.6) is 0 Å². The summed E-state index contributed by atoms with van der Waals surface area (Å²) in [5, 5.41) is 21.8. The lowest BCUT2D eigenvalue weighted by atomic mass is 10.0. The van der Waals surface area contributed by atoms with E-state index >= 15 is 0 Å². The zero-order chi connectivity index (χ0) is 10.8. The maximum atomic E-state index is 10.8. The van der Waals surface area contributed by atoms with E-state index in [0.29, 0.717) is 31.6 Å². The van der Waals surface area contributed by atoms with E-state index in [1.807, 2.05) is 0 Å². The average Bonchev–Trinajstić information content (AvgIpc) is 2.59. The van der Waals surface area contributed by atoms with Crippen molar-refractivity contribution < 1.29 is 15.0 Å². The predicted octanol–water partition coefficient (Wildman–Crippen LogP) is -0.540. The second-order valence-electron chi connectivity index (χ2n) is 3.67. The van der Waals surface area contributed by atoms with E-state index in [9.17, 15) is 4.79 Å². The van der Waals surface area contributed by atoms with Crippen molar-refractivity contribution in [1.82, 2.24) is 14.8 Å². The smallest absolute Gasteiger partial charge is 0.308 e. The van der Waals surface area contributed by atoms with Crippen LogP contribution in [0.2, 0.25) is 0 Å². The van der Waals surface area contributed by atoms with Gasteiger partial charge < -0.3 is 10.2 Å². The molecule has 0 aromatic carbocycles. The number of carboxylic acid groups (broad SMARTS) is 1. The SMILES string of the molecule is O=C(O)C1CCc2nc(CCO)nn2C1. The van der Waals surface area contributed by atoms with Crippen molar-refractivity contribution in [3.63, 3.8) is 0 Å². The van der Waals surface area contributed by atoms with Crippen LogP contribution in [0.1, 0.15) is 18.1 Å². The number of carboxylic acids is 1. The van der Waals surface area contributed by atoms with Gasteiger partial charge in [0.15, 0.2) is 5.82 Å². The molecule has 6 nitrogen and oxygen atoms in total. The molecule has 1 aliphatic rings. The Bertz CT molecular complexity index is 375. The highest BCUT2D eigenvalue weighted by atomic mass is 16.4. The first-order chi connectivity index (χ1) is 7.20. The number of hydrogen-bond donors (Lipinski definition) is 2. The number of aliphatic carboxylic acids is 1. The third-order valence-corrected chi connectivity index (χ3v) is 2.59. The van der Waals surface area contributed by atoms with Crippen molar-refractivity contribution in [3.8, 4) is 0 Å². The van der Waals surface area contributed by atoms with Crippen LogP contribution in [-0.4, -0.2) is 37.6 Å². The molecule has 0 amide bonds. The number of rotatable bonds is 3. The van der Waals surface area contributed by atoms with E-state index in [2.05, 4.69) is 10.1 Å². The van der Waals surface area contributed by atoms with Gasteiger partial charge in [-0.3, -0.25) is 4.79 Å². The highest BCUT2D eigenvalue weighted by Crippen LogP contribution is 2.18. The van der Waals surface area contributed by atoms with Crippen molar-refractivity contribution in [3.05, 3.63) is 11.6 Å².